The van der Waals surface area contributed by atoms with Crippen molar-refractivity contribution in [2.24, 2.45) is 11.7 Å². The van der Waals surface area contributed by atoms with E-state index in [1.54, 1.807) is 0 Å². The second-order valence-corrected chi connectivity index (χ2v) is 6.67. The van der Waals surface area contributed by atoms with Gasteiger partial charge in [0.1, 0.15) is 0 Å². The van der Waals surface area contributed by atoms with Crippen molar-refractivity contribution >= 4 is 0 Å². The zero-order chi connectivity index (χ0) is 11.7. The summed E-state index contributed by atoms with van der Waals surface area (Å²) in [4.78, 5) is 2.85. The van der Waals surface area contributed by atoms with Gasteiger partial charge in [-0.3, -0.25) is 4.90 Å². The summed E-state index contributed by atoms with van der Waals surface area (Å²) in [5.74, 6) is 0.995. The molecule has 98 valence electrons. The molecule has 0 aromatic rings. The Morgan fingerprint density at radius 2 is 1.41 bits per heavy atom. The molecule has 3 aliphatic rings. The van der Waals surface area contributed by atoms with Gasteiger partial charge in [0, 0.05) is 24.7 Å². The number of hydrogen-bond acceptors (Lipinski definition) is 2. The summed E-state index contributed by atoms with van der Waals surface area (Å²) in [5.41, 5.74) is 6.15. The minimum absolute atomic E-state index is 0.498. The number of fused-ring (bicyclic) bond motifs is 2. The van der Waals surface area contributed by atoms with E-state index in [0.717, 1.165) is 18.0 Å². The average molecular weight is 236 g/mol. The molecule has 2 unspecified atom stereocenters. The summed E-state index contributed by atoms with van der Waals surface area (Å²) in [7, 11) is 0. The van der Waals surface area contributed by atoms with E-state index in [1.807, 2.05) is 0 Å². The SMILES string of the molecule is NC1CC2CCC(C1)N2CC1CCCCCC1. The molecule has 1 saturated carbocycles. The Hall–Kier alpha value is -0.0800. The van der Waals surface area contributed by atoms with E-state index in [9.17, 15) is 0 Å². The molecule has 2 heteroatoms. The van der Waals surface area contributed by atoms with Crippen LogP contribution in [0, 0.1) is 5.92 Å². The topological polar surface area (TPSA) is 29.3 Å². The van der Waals surface area contributed by atoms with Gasteiger partial charge in [0.15, 0.2) is 0 Å². The van der Waals surface area contributed by atoms with Crippen LogP contribution in [0.25, 0.3) is 0 Å². The first-order valence-electron chi connectivity index (χ1n) is 7.84. The predicted octanol–water partition coefficient (Wildman–Crippen LogP) is 2.91. The maximum Gasteiger partial charge on any atom is 0.0114 e. The van der Waals surface area contributed by atoms with Crippen LogP contribution in [0.5, 0.6) is 0 Å². The van der Waals surface area contributed by atoms with Crippen molar-refractivity contribution in [2.45, 2.75) is 82.3 Å². The van der Waals surface area contributed by atoms with Gasteiger partial charge in [-0.05, 0) is 44.4 Å². The van der Waals surface area contributed by atoms with E-state index in [4.69, 9.17) is 5.73 Å². The van der Waals surface area contributed by atoms with Crippen LogP contribution in [-0.2, 0) is 0 Å². The molecular formula is C15H28N2. The number of nitrogens with two attached hydrogens (primary N) is 1. The molecule has 2 heterocycles. The Labute approximate surface area is 106 Å². The van der Waals surface area contributed by atoms with E-state index >= 15 is 0 Å². The maximum absolute atomic E-state index is 6.15. The van der Waals surface area contributed by atoms with Gasteiger partial charge in [-0.25, -0.2) is 0 Å². The molecule has 0 aromatic heterocycles. The third-order valence-electron chi connectivity index (χ3n) is 5.36. The van der Waals surface area contributed by atoms with Gasteiger partial charge < -0.3 is 5.73 Å². The largest absolute Gasteiger partial charge is 0.328 e. The number of hydrogen-bond donors (Lipinski definition) is 1. The van der Waals surface area contributed by atoms with Crippen LogP contribution in [-0.4, -0.2) is 29.6 Å². The standard InChI is InChI=1S/C15H28N2/c16-13-9-14-7-8-15(10-13)17(14)11-12-5-3-1-2-4-6-12/h12-15H,1-11,16H2. The molecule has 0 amide bonds. The Morgan fingerprint density at radius 3 is 2.00 bits per heavy atom. The van der Waals surface area contributed by atoms with Crippen molar-refractivity contribution in [3.8, 4) is 0 Å². The van der Waals surface area contributed by atoms with Crippen LogP contribution >= 0.6 is 0 Å². The van der Waals surface area contributed by atoms with Crippen molar-refractivity contribution in [2.75, 3.05) is 6.54 Å². The fourth-order valence-corrected chi connectivity index (χ4v) is 4.46. The molecule has 3 rings (SSSR count). The summed E-state index contributed by atoms with van der Waals surface area (Å²) in [6.07, 6.45) is 14.3. The molecule has 2 nitrogen and oxygen atoms in total. The van der Waals surface area contributed by atoms with E-state index in [1.165, 1.54) is 70.8 Å². The van der Waals surface area contributed by atoms with Crippen LogP contribution in [0.1, 0.15) is 64.2 Å². The van der Waals surface area contributed by atoms with Gasteiger partial charge in [-0.1, -0.05) is 25.7 Å². The highest BCUT2D eigenvalue weighted by molar-refractivity contribution is 4.97. The molecule has 3 fully saturated rings. The lowest BCUT2D eigenvalue weighted by Crippen LogP contribution is -2.48. The van der Waals surface area contributed by atoms with Gasteiger partial charge in [0.25, 0.3) is 0 Å². The summed E-state index contributed by atoms with van der Waals surface area (Å²) < 4.78 is 0. The predicted molar refractivity (Wildman–Crippen MR) is 71.9 cm³/mol. The second-order valence-electron chi connectivity index (χ2n) is 6.67. The molecule has 17 heavy (non-hydrogen) atoms. The molecule has 2 saturated heterocycles. The van der Waals surface area contributed by atoms with Crippen molar-refractivity contribution in [3.05, 3.63) is 0 Å². The minimum Gasteiger partial charge on any atom is -0.328 e. The van der Waals surface area contributed by atoms with Crippen molar-refractivity contribution in [1.29, 1.82) is 0 Å². The molecule has 2 N–H and O–H groups in total. The van der Waals surface area contributed by atoms with Crippen molar-refractivity contribution in [3.63, 3.8) is 0 Å². The van der Waals surface area contributed by atoms with Gasteiger partial charge in [-0.2, -0.15) is 0 Å². The lowest BCUT2D eigenvalue weighted by atomic mass is 9.94. The highest BCUT2D eigenvalue weighted by atomic mass is 15.2. The lowest BCUT2D eigenvalue weighted by Gasteiger charge is -2.39. The molecule has 0 spiro atoms. The van der Waals surface area contributed by atoms with Crippen LogP contribution in [0.4, 0.5) is 0 Å². The Bertz CT molecular complexity index is 231. The smallest absolute Gasteiger partial charge is 0.0114 e. The van der Waals surface area contributed by atoms with Crippen LogP contribution in [0.3, 0.4) is 0 Å². The number of rotatable bonds is 2. The minimum atomic E-state index is 0.498. The fraction of sp³-hybridized carbons (Fsp3) is 1.00. The van der Waals surface area contributed by atoms with E-state index in [2.05, 4.69) is 4.90 Å². The maximum atomic E-state index is 6.15. The van der Waals surface area contributed by atoms with Gasteiger partial charge in [-0.15, -0.1) is 0 Å². The first-order valence-corrected chi connectivity index (χ1v) is 7.84. The van der Waals surface area contributed by atoms with Crippen LogP contribution < -0.4 is 5.73 Å². The quantitative estimate of drug-likeness (QED) is 0.747. The van der Waals surface area contributed by atoms with E-state index in [0.29, 0.717) is 6.04 Å². The lowest BCUT2D eigenvalue weighted by molar-refractivity contribution is 0.103. The summed E-state index contributed by atoms with van der Waals surface area (Å²) in [6, 6.07) is 2.18. The third-order valence-corrected chi connectivity index (χ3v) is 5.36. The van der Waals surface area contributed by atoms with E-state index < -0.39 is 0 Å². The molecule has 2 atom stereocenters. The highest BCUT2D eigenvalue weighted by Crippen LogP contribution is 2.37. The molecule has 2 bridgehead atoms. The highest BCUT2D eigenvalue weighted by Gasteiger charge is 2.40. The third kappa shape index (κ3) is 2.68. The summed E-state index contributed by atoms with van der Waals surface area (Å²) in [5, 5.41) is 0. The summed E-state index contributed by atoms with van der Waals surface area (Å²) in [6.45, 7) is 1.39. The van der Waals surface area contributed by atoms with Gasteiger partial charge in [0.05, 0.1) is 0 Å². The monoisotopic (exact) mass is 236 g/mol. The second kappa shape index (κ2) is 5.27. The van der Waals surface area contributed by atoms with Crippen LogP contribution in [0.2, 0.25) is 0 Å². The molecular weight excluding hydrogens is 208 g/mol. The first kappa shape index (κ1) is 12.0. The number of nitrogens with zero attached hydrogens (tertiary/aromatic N) is 1. The van der Waals surface area contributed by atoms with Gasteiger partial charge in [0.2, 0.25) is 0 Å². The zero-order valence-corrected chi connectivity index (χ0v) is 11.1. The normalized spacial score (nSPS) is 40.4. The summed E-state index contributed by atoms with van der Waals surface area (Å²) >= 11 is 0. The molecule has 2 aliphatic heterocycles. The zero-order valence-electron chi connectivity index (χ0n) is 11.1. The Morgan fingerprint density at radius 1 is 0.824 bits per heavy atom. The van der Waals surface area contributed by atoms with Gasteiger partial charge >= 0.3 is 0 Å². The molecule has 1 aliphatic carbocycles. The first-order chi connectivity index (χ1) is 8.33. The molecule has 0 radical (unpaired) electrons. The fourth-order valence-electron chi connectivity index (χ4n) is 4.46. The van der Waals surface area contributed by atoms with Crippen LogP contribution in [0.15, 0.2) is 0 Å². The van der Waals surface area contributed by atoms with E-state index in [-0.39, 0.29) is 0 Å². The Kier molecular flexibility index (Phi) is 3.72. The average Bonchev–Trinajstić information content (AvgIpc) is 2.54. The van der Waals surface area contributed by atoms with Crippen molar-refractivity contribution in [1.82, 2.24) is 4.90 Å². The molecule has 0 aromatic carbocycles. The Balaban J connectivity index is 1.57. The van der Waals surface area contributed by atoms with Crippen molar-refractivity contribution < 1.29 is 0 Å². The number of piperidine rings is 1.